The summed E-state index contributed by atoms with van der Waals surface area (Å²) >= 11 is 0. The zero-order valence-electron chi connectivity index (χ0n) is 12.4. The summed E-state index contributed by atoms with van der Waals surface area (Å²) in [5.41, 5.74) is 8.11. The minimum atomic E-state index is -0.534. The Labute approximate surface area is 130 Å². The number of anilines is 2. The summed E-state index contributed by atoms with van der Waals surface area (Å²) in [6.07, 6.45) is 2.31. The topological polar surface area (TPSA) is 58.7 Å². The van der Waals surface area contributed by atoms with Crippen molar-refractivity contribution in [2.75, 3.05) is 4.90 Å². The van der Waals surface area contributed by atoms with Gasteiger partial charge in [-0.3, -0.25) is 0 Å². The van der Waals surface area contributed by atoms with Crippen LogP contribution in [0.4, 0.5) is 11.4 Å². The van der Waals surface area contributed by atoms with E-state index >= 15 is 0 Å². The van der Waals surface area contributed by atoms with Crippen LogP contribution < -0.4 is 15.4 Å². The third-order valence-corrected chi connectivity index (χ3v) is 4.67. The van der Waals surface area contributed by atoms with E-state index in [1.807, 2.05) is 48.5 Å². The van der Waals surface area contributed by atoms with Gasteiger partial charge in [0.1, 0.15) is 0 Å². The average Bonchev–Trinajstić information content (AvgIpc) is 2.55. The number of ether oxygens (including phenoxy) is 1. The average molecular weight is 296 g/mol. The van der Waals surface area contributed by atoms with Gasteiger partial charge in [-0.25, -0.2) is 0 Å². The monoisotopic (exact) mass is 296 g/mol. The predicted molar refractivity (Wildman–Crippen MR) is 86.7 cm³/mol. The lowest BCUT2D eigenvalue weighted by molar-refractivity contribution is 0.0872. The number of rotatable bonds is 1. The van der Waals surface area contributed by atoms with Crippen molar-refractivity contribution >= 4 is 11.4 Å². The van der Waals surface area contributed by atoms with Crippen LogP contribution in [0.5, 0.6) is 11.5 Å². The Bertz CT molecular complexity index is 643. The second-order valence-electron chi connectivity index (χ2n) is 6.06. The van der Waals surface area contributed by atoms with Gasteiger partial charge in [-0.15, -0.1) is 0 Å². The van der Waals surface area contributed by atoms with Crippen LogP contribution in [0.2, 0.25) is 0 Å². The fourth-order valence-corrected chi connectivity index (χ4v) is 3.56. The molecule has 0 spiro atoms. The molecule has 3 atom stereocenters. The number of aliphatic hydroxyl groups is 1. The first kappa shape index (κ1) is 13.6. The van der Waals surface area contributed by atoms with Crippen LogP contribution in [0.3, 0.4) is 0 Å². The quantitative estimate of drug-likeness (QED) is 0.848. The van der Waals surface area contributed by atoms with E-state index in [4.69, 9.17) is 10.5 Å². The van der Waals surface area contributed by atoms with Crippen molar-refractivity contribution in [1.82, 2.24) is 0 Å². The summed E-state index contributed by atoms with van der Waals surface area (Å²) in [6, 6.07) is 15.8. The summed E-state index contributed by atoms with van der Waals surface area (Å²) < 4.78 is 6.01. The van der Waals surface area contributed by atoms with E-state index in [0.717, 1.165) is 42.1 Å². The van der Waals surface area contributed by atoms with Gasteiger partial charge in [0.05, 0.1) is 23.5 Å². The van der Waals surface area contributed by atoms with E-state index < -0.39 is 6.10 Å². The van der Waals surface area contributed by atoms with Crippen LogP contribution in [0.25, 0.3) is 0 Å². The van der Waals surface area contributed by atoms with Gasteiger partial charge in [0.15, 0.2) is 11.5 Å². The van der Waals surface area contributed by atoms with Crippen molar-refractivity contribution in [2.24, 2.45) is 5.73 Å². The highest BCUT2D eigenvalue weighted by molar-refractivity contribution is 5.78. The summed E-state index contributed by atoms with van der Waals surface area (Å²) in [7, 11) is 0. The summed E-state index contributed by atoms with van der Waals surface area (Å²) in [5.74, 6) is 1.65. The minimum Gasteiger partial charge on any atom is -0.453 e. The van der Waals surface area contributed by atoms with Gasteiger partial charge < -0.3 is 20.5 Å². The Morgan fingerprint density at radius 1 is 0.955 bits per heavy atom. The van der Waals surface area contributed by atoms with E-state index in [1.54, 1.807) is 0 Å². The number of aliphatic hydroxyl groups excluding tert-OH is 1. The van der Waals surface area contributed by atoms with Gasteiger partial charge in [0.2, 0.25) is 0 Å². The molecule has 4 rings (SSSR count). The standard InChI is InChI=1S/C18H20N2O2/c19-12-6-5-9-15(18(12)21)20-13-7-1-3-10-16(13)22-17-11-4-2-8-14(17)20/h1-4,7-8,10-12,15,18,21H,5-6,9,19H2/t12-,15?,18+/m1/s1. The molecule has 1 heterocycles. The molecule has 1 fully saturated rings. The lowest BCUT2D eigenvalue weighted by atomic mass is 9.86. The number of nitrogens with two attached hydrogens (primary N) is 1. The largest absolute Gasteiger partial charge is 0.453 e. The van der Waals surface area contributed by atoms with Crippen molar-refractivity contribution in [2.45, 2.75) is 37.5 Å². The number of benzene rings is 2. The highest BCUT2D eigenvalue weighted by atomic mass is 16.5. The molecule has 114 valence electrons. The molecule has 1 aliphatic heterocycles. The molecule has 2 aromatic carbocycles. The van der Waals surface area contributed by atoms with Gasteiger partial charge in [-0.2, -0.15) is 0 Å². The third kappa shape index (κ3) is 2.07. The summed E-state index contributed by atoms with van der Waals surface area (Å²) in [4.78, 5) is 2.21. The fourth-order valence-electron chi connectivity index (χ4n) is 3.56. The zero-order chi connectivity index (χ0) is 15.1. The highest BCUT2D eigenvalue weighted by Crippen LogP contribution is 2.48. The first-order chi connectivity index (χ1) is 10.8. The van der Waals surface area contributed by atoms with E-state index in [2.05, 4.69) is 4.90 Å². The van der Waals surface area contributed by atoms with E-state index in [0.29, 0.717) is 0 Å². The molecular formula is C18H20N2O2. The molecule has 0 bridgehead atoms. The summed E-state index contributed by atoms with van der Waals surface area (Å²) in [6.45, 7) is 0. The van der Waals surface area contributed by atoms with Gasteiger partial charge >= 0.3 is 0 Å². The van der Waals surface area contributed by atoms with E-state index in [9.17, 15) is 5.11 Å². The van der Waals surface area contributed by atoms with Crippen LogP contribution in [0.15, 0.2) is 48.5 Å². The first-order valence-corrected chi connectivity index (χ1v) is 7.84. The predicted octanol–water partition coefficient (Wildman–Crippen LogP) is 3.17. The van der Waals surface area contributed by atoms with Crippen molar-refractivity contribution in [1.29, 1.82) is 0 Å². The fraction of sp³-hybridized carbons (Fsp3) is 0.333. The smallest absolute Gasteiger partial charge is 0.151 e. The molecule has 3 N–H and O–H groups in total. The van der Waals surface area contributed by atoms with Gasteiger partial charge in [-0.05, 0) is 43.5 Å². The lowest BCUT2D eigenvalue weighted by Gasteiger charge is -2.44. The number of fused-ring (bicyclic) bond motifs is 2. The number of nitrogens with zero attached hydrogens (tertiary/aromatic N) is 1. The van der Waals surface area contributed by atoms with Gasteiger partial charge in [0, 0.05) is 6.04 Å². The third-order valence-electron chi connectivity index (χ3n) is 4.67. The van der Waals surface area contributed by atoms with Crippen molar-refractivity contribution in [3.63, 3.8) is 0 Å². The highest BCUT2D eigenvalue weighted by Gasteiger charge is 2.38. The SMILES string of the molecule is N[C@@H]1CCCC(N2c3ccccc3Oc3ccccc32)[C@H]1O. The van der Waals surface area contributed by atoms with Crippen LogP contribution in [0.1, 0.15) is 19.3 Å². The molecule has 4 nitrogen and oxygen atoms in total. The number of para-hydroxylation sites is 4. The normalized spacial score (nSPS) is 26.8. The molecule has 1 aliphatic carbocycles. The Kier molecular flexibility index (Phi) is 3.28. The maximum absolute atomic E-state index is 10.6. The van der Waals surface area contributed by atoms with Gasteiger partial charge in [0.25, 0.3) is 0 Å². The molecule has 4 heteroatoms. The second kappa shape index (κ2) is 5.30. The molecule has 0 amide bonds. The maximum atomic E-state index is 10.6. The Morgan fingerprint density at radius 2 is 1.55 bits per heavy atom. The van der Waals surface area contributed by atoms with Crippen LogP contribution in [-0.2, 0) is 0 Å². The molecular weight excluding hydrogens is 276 g/mol. The number of hydrogen-bond acceptors (Lipinski definition) is 4. The van der Waals surface area contributed by atoms with Crippen LogP contribution >= 0.6 is 0 Å². The molecule has 2 aliphatic rings. The van der Waals surface area contributed by atoms with Crippen molar-refractivity contribution in [3.05, 3.63) is 48.5 Å². The van der Waals surface area contributed by atoms with Crippen molar-refractivity contribution < 1.29 is 9.84 Å². The van der Waals surface area contributed by atoms with E-state index in [-0.39, 0.29) is 12.1 Å². The molecule has 0 aromatic heterocycles. The zero-order valence-corrected chi connectivity index (χ0v) is 12.4. The van der Waals surface area contributed by atoms with E-state index in [1.165, 1.54) is 0 Å². The molecule has 0 saturated heterocycles. The molecule has 1 unspecified atom stereocenters. The van der Waals surface area contributed by atoms with Crippen LogP contribution in [-0.4, -0.2) is 23.3 Å². The lowest BCUT2D eigenvalue weighted by Crippen LogP contribution is -2.53. The summed E-state index contributed by atoms with van der Waals surface area (Å²) in [5, 5.41) is 10.6. The first-order valence-electron chi connectivity index (χ1n) is 7.84. The minimum absolute atomic E-state index is 0.0186. The Morgan fingerprint density at radius 3 is 2.18 bits per heavy atom. The Hall–Kier alpha value is -2.04. The van der Waals surface area contributed by atoms with Gasteiger partial charge in [-0.1, -0.05) is 24.3 Å². The molecule has 22 heavy (non-hydrogen) atoms. The van der Waals surface area contributed by atoms with Crippen LogP contribution in [0, 0.1) is 0 Å². The Balaban J connectivity index is 1.84. The maximum Gasteiger partial charge on any atom is 0.151 e. The molecule has 2 aromatic rings. The molecule has 0 radical (unpaired) electrons. The second-order valence-corrected chi connectivity index (χ2v) is 6.06. The number of hydrogen-bond donors (Lipinski definition) is 2. The van der Waals surface area contributed by atoms with Crippen molar-refractivity contribution in [3.8, 4) is 11.5 Å². The molecule has 1 saturated carbocycles.